The maximum absolute atomic E-state index is 5.04. The fourth-order valence-corrected chi connectivity index (χ4v) is 5.14. The zero-order valence-electron chi connectivity index (χ0n) is 15.4. The molecule has 0 fully saturated rings. The normalized spacial score (nSPS) is 11.4. The van der Waals surface area contributed by atoms with Crippen molar-refractivity contribution < 1.29 is 0 Å². The van der Waals surface area contributed by atoms with Gasteiger partial charge in [-0.05, 0) is 34.9 Å². The van der Waals surface area contributed by atoms with Crippen molar-refractivity contribution in [2.75, 3.05) is 5.32 Å². The van der Waals surface area contributed by atoms with Crippen LogP contribution >= 0.6 is 7.92 Å². The molecular weight excluding hydrogens is 359 g/mol. The first-order chi connectivity index (χ1) is 13.9. The van der Waals surface area contributed by atoms with Crippen LogP contribution in [0.5, 0.6) is 0 Å². The Morgan fingerprint density at radius 1 is 0.536 bits per heavy atom. The molecule has 0 radical (unpaired) electrons. The van der Waals surface area contributed by atoms with Gasteiger partial charge in [-0.25, -0.2) is 4.99 Å². The van der Waals surface area contributed by atoms with Gasteiger partial charge >= 0.3 is 0 Å². The van der Waals surface area contributed by atoms with Crippen molar-refractivity contribution in [1.29, 1.82) is 0 Å². The van der Waals surface area contributed by atoms with E-state index in [1.807, 2.05) is 48.5 Å². The molecule has 0 amide bonds. The number of amidine groups is 1. The Balaban J connectivity index is 1.84. The second kappa shape index (κ2) is 9.12. The van der Waals surface area contributed by atoms with Crippen molar-refractivity contribution in [3.8, 4) is 0 Å². The molecule has 0 aromatic heterocycles. The molecular formula is C25H21N2P. The van der Waals surface area contributed by atoms with Gasteiger partial charge in [0.15, 0.2) is 0 Å². The Bertz CT molecular complexity index is 978. The molecule has 0 unspecified atom stereocenters. The number of anilines is 1. The highest BCUT2D eigenvalue weighted by molar-refractivity contribution is 7.88. The lowest BCUT2D eigenvalue weighted by molar-refractivity contribution is 1.51. The number of nitrogens with one attached hydrogen (secondary N) is 1. The largest absolute Gasteiger partial charge is 0.339 e. The van der Waals surface area contributed by atoms with Gasteiger partial charge in [-0.3, -0.25) is 0 Å². The average Bonchev–Trinajstić information content (AvgIpc) is 2.77. The van der Waals surface area contributed by atoms with E-state index in [1.54, 1.807) is 0 Å². The van der Waals surface area contributed by atoms with Gasteiger partial charge in [0.25, 0.3) is 0 Å². The Morgan fingerprint density at radius 3 is 1.46 bits per heavy atom. The molecule has 4 aromatic rings. The number of aliphatic imine (C=N–C) groups is 1. The van der Waals surface area contributed by atoms with Crippen LogP contribution in [0.25, 0.3) is 0 Å². The minimum absolute atomic E-state index is 0.823. The molecule has 3 heteroatoms. The topological polar surface area (TPSA) is 24.4 Å². The highest BCUT2D eigenvalue weighted by Gasteiger charge is 2.21. The van der Waals surface area contributed by atoms with Crippen LogP contribution in [0.3, 0.4) is 0 Å². The summed E-state index contributed by atoms with van der Waals surface area (Å²) in [4.78, 5) is 5.04. The van der Waals surface area contributed by atoms with Gasteiger partial charge in [0.1, 0.15) is 5.58 Å². The summed E-state index contributed by atoms with van der Waals surface area (Å²) < 4.78 is 0. The molecule has 4 aromatic carbocycles. The predicted molar refractivity (Wildman–Crippen MR) is 123 cm³/mol. The zero-order chi connectivity index (χ0) is 19.0. The van der Waals surface area contributed by atoms with Crippen LogP contribution in [0.4, 0.5) is 11.4 Å². The number of benzene rings is 4. The van der Waals surface area contributed by atoms with E-state index in [4.69, 9.17) is 4.99 Å². The predicted octanol–water partition coefficient (Wildman–Crippen LogP) is 5.92. The van der Waals surface area contributed by atoms with Gasteiger partial charge in [-0.2, -0.15) is 0 Å². The summed E-state index contributed by atoms with van der Waals surface area (Å²) in [7, 11) is -0.823. The van der Waals surface area contributed by atoms with Crippen LogP contribution in [0.2, 0.25) is 0 Å². The minimum Gasteiger partial charge on any atom is -0.339 e. The minimum atomic E-state index is -0.823. The Morgan fingerprint density at radius 2 is 0.964 bits per heavy atom. The molecule has 0 bridgehead atoms. The Hall–Kier alpha value is -3.22. The number of nitrogens with zero attached hydrogens (tertiary/aromatic N) is 1. The summed E-state index contributed by atoms with van der Waals surface area (Å²) >= 11 is 0. The maximum atomic E-state index is 5.04. The fraction of sp³-hybridized carbons (Fsp3) is 0. The van der Waals surface area contributed by atoms with Crippen LogP contribution in [-0.4, -0.2) is 5.58 Å². The molecule has 28 heavy (non-hydrogen) atoms. The summed E-state index contributed by atoms with van der Waals surface area (Å²) in [5.74, 6) is 0. The third kappa shape index (κ3) is 4.54. The van der Waals surface area contributed by atoms with E-state index in [2.05, 4.69) is 78.1 Å². The zero-order valence-corrected chi connectivity index (χ0v) is 16.3. The van der Waals surface area contributed by atoms with Crippen molar-refractivity contribution in [3.63, 3.8) is 0 Å². The molecule has 0 atom stereocenters. The van der Waals surface area contributed by atoms with E-state index in [-0.39, 0.29) is 0 Å². The van der Waals surface area contributed by atoms with Crippen molar-refractivity contribution >= 4 is 35.5 Å². The highest BCUT2D eigenvalue weighted by Crippen LogP contribution is 2.37. The molecule has 4 rings (SSSR count). The lowest BCUT2D eigenvalue weighted by atomic mass is 10.3. The second-order valence-corrected chi connectivity index (χ2v) is 8.40. The van der Waals surface area contributed by atoms with Crippen molar-refractivity contribution in [1.82, 2.24) is 0 Å². The molecule has 0 saturated heterocycles. The van der Waals surface area contributed by atoms with Crippen LogP contribution in [0.15, 0.2) is 126 Å². The summed E-state index contributed by atoms with van der Waals surface area (Å²) in [5.41, 5.74) is 2.95. The number of hydrogen-bond acceptors (Lipinski definition) is 1. The quantitative estimate of drug-likeness (QED) is 0.259. The second-order valence-electron chi connectivity index (χ2n) is 6.27. The fourth-order valence-electron chi connectivity index (χ4n) is 2.96. The van der Waals surface area contributed by atoms with Gasteiger partial charge in [-0.1, -0.05) is 97.1 Å². The van der Waals surface area contributed by atoms with E-state index in [0.29, 0.717) is 0 Å². The van der Waals surface area contributed by atoms with E-state index >= 15 is 0 Å². The molecule has 0 heterocycles. The van der Waals surface area contributed by atoms with Crippen LogP contribution in [0.1, 0.15) is 0 Å². The lowest BCUT2D eigenvalue weighted by Gasteiger charge is -2.22. The molecule has 0 aliphatic heterocycles. The first-order valence-electron chi connectivity index (χ1n) is 9.26. The summed E-state index contributed by atoms with van der Waals surface area (Å²) in [5, 5.41) is 6.13. The molecule has 0 saturated carbocycles. The van der Waals surface area contributed by atoms with Crippen LogP contribution in [-0.2, 0) is 0 Å². The van der Waals surface area contributed by atoms with Crippen molar-refractivity contribution in [3.05, 3.63) is 121 Å². The van der Waals surface area contributed by atoms with E-state index in [1.165, 1.54) is 10.6 Å². The number of rotatable bonds is 5. The van der Waals surface area contributed by atoms with Gasteiger partial charge in [0, 0.05) is 13.6 Å². The Kier molecular flexibility index (Phi) is 5.92. The molecule has 0 aliphatic carbocycles. The molecule has 136 valence electrons. The van der Waals surface area contributed by atoms with Gasteiger partial charge < -0.3 is 5.32 Å². The highest BCUT2D eigenvalue weighted by atomic mass is 31.1. The molecule has 2 nitrogen and oxygen atoms in total. The van der Waals surface area contributed by atoms with E-state index < -0.39 is 7.92 Å². The van der Waals surface area contributed by atoms with E-state index in [9.17, 15) is 0 Å². The summed E-state index contributed by atoms with van der Waals surface area (Å²) in [6.45, 7) is 0. The standard InChI is InChI=1S/C25H21N2P/c1-5-13-21(14-6-1)26-25(27-22-15-7-2-8-16-22)28(23-17-9-3-10-18-23)24-19-11-4-12-20-24/h1-20H,(H,26,27). The van der Waals surface area contributed by atoms with Gasteiger partial charge in [0.05, 0.1) is 5.69 Å². The average molecular weight is 380 g/mol. The first-order valence-corrected chi connectivity index (χ1v) is 10.6. The van der Waals surface area contributed by atoms with Crippen molar-refractivity contribution in [2.45, 2.75) is 0 Å². The van der Waals surface area contributed by atoms with Gasteiger partial charge in [0.2, 0.25) is 0 Å². The van der Waals surface area contributed by atoms with Crippen LogP contribution < -0.4 is 15.9 Å². The monoisotopic (exact) mass is 380 g/mol. The van der Waals surface area contributed by atoms with Crippen molar-refractivity contribution in [2.24, 2.45) is 4.99 Å². The molecule has 0 spiro atoms. The first kappa shape index (κ1) is 18.2. The lowest BCUT2D eigenvalue weighted by Crippen LogP contribution is -2.23. The number of hydrogen-bond donors (Lipinski definition) is 1. The Labute approximate surface area is 167 Å². The third-order valence-electron chi connectivity index (χ3n) is 4.26. The summed E-state index contributed by atoms with van der Waals surface area (Å²) in [6.07, 6.45) is 0. The SMILES string of the molecule is c1ccc(N=C(Nc2ccccc2)P(c2ccccc2)c2ccccc2)cc1. The van der Waals surface area contributed by atoms with Gasteiger partial charge in [-0.15, -0.1) is 0 Å². The molecule has 0 aliphatic rings. The van der Waals surface area contributed by atoms with E-state index in [0.717, 1.165) is 17.0 Å². The smallest absolute Gasteiger partial charge is 0.138 e. The maximum Gasteiger partial charge on any atom is 0.138 e. The van der Waals surface area contributed by atoms with Crippen LogP contribution in [0, 0.1) is 0 Å². The molecule has 1 N–H and O–H groups in total. The summed E-state index contributed by atoms with van der Waals surface area (Å²) in [6, 6.07) is 41.6. The number of para-hydroxylation sites is 2. The third-order valence-corrected chi connectivity index (χ3v) is 6.53.